The molecular weight excluding hydrogens is 258 g/mol. The first-order valence-corrected chi connectivity index (χ1v) is 7.55. The van der Waals surface area contributed by atoms with E-state index in [1.54, 1.807) is 0 Å². The summed E-state index contributed by atoms with van der Waals surface area (Å²) in [5.41, 5.74) is 4.38. The Hall–Kier alpha value is -2.11. The van der Waals surface area contributed by atoms with Crippen LogP contribution in [0.4, 0.5) is 0 Å². The molecule has 2 heteroatoms. The van der Waals surface area contributed by atoms with Gasteiger partial charge in [-0.15, -0.1) is 0 Å². The van der Waals surface area contributed by atoms with E-state index >= 15 is 0 Å². The fourth-order valence-electron chi connectivity index (χ4n) is 3.09. The maximum atomic E-state index is 9.59. The highest BCUT2D eigenvalue weighted by molar-refractivity contribution is 5.64. The molecule has 0 aliphatic heterocycles. The SMILES string of the molecule is N#Cc1ccc(-c2ccc(C3CCC(O)CC3)cc2)cc1. The van der Waals surface area contributed by atoms with Crippen LogP contribution in [0.3, 0.4) is 0 Å². The molecule has 0 bridgehead atoms. The number of nitrogens with zero attached hydrogens (tertiary/aromatic N) is 1. The van der Waals surface area contributed by atoms with Gasteiger partial charge < -0.3 is 5.11 Å². The lowest BCUT2D eigenvalue weighted by Crippen LogP contribution is -2.16. The third-order valence-electron chi connectivity index (χ3n) is 4.43. The zero-order valence-corrected chi connectivity index (χ0v) is 12.0. The summed E-state index contributed by atoms with van der Waals surface area (Å²) in [6.45, 7) is 0. The van der Waals surface area contributed by atoms with Crippen molar-refractivity contribution in [3.8, 4) is 17.2 Å². The lowest BCUT2D eigenvalue weighted by molar-refractivity contribution is 0.122. The lowest BCUT2D eigenvalue weighted by atomic mass is 9.82. The lowest BCUT2D eigenvalue weighted by Gasteiger charge is -2.25. The molecule has 1 aliphatic rings. The Morgan fingerprint density at radius 3 is 1.86 bits per heavy atom. The van der Waals surface area contributed by atoms with Gasteiger partial charge in [0.1, 0.15) is 0 Å². The van der Waals surface area contributed by atoms with Crippen molar-refractivity contribution in [1.82, 2.24) is 0 Å². The molecule has 106 valence electrons. The van der Waals surface area contributed by atoms with Gasteiger partial charge in [0.25, 0.3) is 0 Å². The molecule has 1 saturated carbocycles. The molecule has 0 atom stereocenters. The topological polar surface area (TPSA) is 44.0 Å². The highest BCUT2D eigenvalue weighted by Crippen LogP contribution is 2.33. The Bertz CT molecular complexity index is 629. The average Bonchev–Trinajstić information content (AvgIpc) is 2.56. The fourth-order valence-corrected chi connectivity index (χ4v) is 3.09. The maximum Gasteiger partial charge on any atom is 0.0991 e. The number of benzene rings is 2. The van der Waals surface area contributed by atoms with E-state index in [0.29, 0.717) is 11.5 Å². The molecule has 0 aromatic heterocycles. The van der Waals surface area contributed by atoms with Crippen molar-refractivity contribution in [1.29, 1.82) is 5.26 Å². The number of aliphatic hydroxyl groups is 1. The van der Waals surface area contributed by atoms with Gasteiger partial charge in [0, 0.05) is 0 Å². The minimum atomic E-state index is -0.0980. The molecule has 0 heterocycles. The standard InChI is InChI=1S/C19H19NO/c20-13-14-1-3-15(4-2-14)16-5-7-17(8-6-16)18-9-11-19(21)12-10-18/h1-8,18-19,21H,9-12H2. The van der Waals surface area contributed by atoms with E-state index in [9.17, 15) is 5.11 Å². The maximum absolute atomic E-state index is 9.59. The number of hydrogen-bond donors (Lipinski definition) is 1. The first kappa shape index (κ1) is 13.9. The molecule has 0 saturated heterocycles. The second kappa shape index (κ2) is 6.11. The minimum absolute atomic E-state index is 0.0980. The molecule has 2 aromatic carbocycles. The van der Waals surface area contributed by atoms with Crippen molar-refractivity contribution >= 4 is 0 Å². The Balaban J connectivity index is 1.75. The van der Waals surface area contributed by atoms with E-state index in [1.807, 2.05) is 24.3 Å². The highest BCUT2D eigenvalue weighted by Gasteiger charge is 2.20. The summed E-state index contributed by atoms with van der Waals surface area (Å²) < 4.78 is 0. The van der Waals surface area contributed by atoms with Gasteiger partial charge in [-0.05, 0) is 60.4 Å². The second-order valence-corrected chi connectivity index (χ2v) is 5.82. The number of hydrogen-bond acceptors (Lipinski definition) is 2. The highest BCUT2D eigenvalue weighted by atomic mass is 16.3. The van der Waals surface area contributed by atoms with Crippen LogP contribution in [0.2, 0.25) is 0 Å². The van der Waals surface area contributed by atoms with E-state index in [-0.39, 0.29) is 6.10 Å². The van der Waals surface area contributed by atoms with Gasteiger partial charge in [-0.25, -0.2) is 0 Å². The normalized spacial score (nSPS) is 21.7. The number of aliphatic hydroxyl groups excluding tert-OH is 1. The molecule has 0 spiro atoms. The molecule has 1 aliphatic carbocycles. The van der Waals surface area contributed by atoms with Gasteiger partial charge in [-0.3, -0.25) is 0 Å². The molecule has 2 aromatic rings. The predicted molar refractivity (Wildman–Crippen MR) is 83.8 cm³/mol. The Morgan fingerprint density at radius 2 is 1.33 bits per heavy atom. The van der Waals surface area contributed by atoms with E-state index in [2.05, 4.69) is 30.3 Å². The number of rotatable bonds is 2. The molecule has 1 N–H and O–H groups in total. The van der Waals surface area contributed by atoms with Crippen LogP contribution in [-0.4, -0.2) is 11.2 Å². The van der Waals surface area contributed by atoms with Crippen LogP contribution in [0.25, 0.3) is 11.1 Å². The first-order valence-electron chi connectivity index (χ1n) is 7.55. The van der Waals surface area contributed by atoms with Gasteiger partial charge in [0.15, 0.2) is 0 Å². The van der Waals surface area contributed by atoms with Crippen molar-refractivity contribution < 1.29 is 5.11 Å². The van der Waals surface area contributed by atoms with E-state index in [4.69, 9.17) is 5.26 Å². The summed E-state index contributed by atoms with van der Waals surface area (Å²) in [4.78, 5) is 0. The third kappa shape index (κ3) is 3.15. The van der Waals surface area contributed by atoms with Crippen LogP contribution in [0.5, 0.6) is 0 Å². The molecule has 0 amide bonds. The molecule has 1 fully saturated rings. The Labute approximate surface area is 125 Å². The van der Waals surface area contributed by atoms with Crippen molar-refractivity contribution in [3.63, 3.8) is 0 Å². The van der Waals surface area contributed by atoms with Crippen LogP contribution in [0, 0.1) is 11.3 Å². The summed E-state index contributed by atoms with van der Waals surface area (Å²) >= 11 is 0. The Morgan fingerprint density at radius 1 is 0.810 bits per heavy atom. The van der Waals surface area contributed by atoms with Crippen LogP contribution < -0.4 is 0 Å². The molecule has 3 rings (SSSR count). The van der Waals surface area contributed by atoms with Gasteiger partial charge in [0.2, 0.25) is 0 Å². The summed E-state index contributed by atoms with van der Waals surface area (Å²) in [6.07, 6.45) is 3.90. The Kier molecular flexibility index (Phi) is 4.03. The largest absolute Gasteiger partial charge is 0.393 e. The van der Waals surface area contributed by atoms with Gasteiger partial charge in [-0.1, -0.05) is 36.4 Å². The van der Waals surface area contributed by atoms with Gasteiger partial charge in [-0.2, -0.15) is 5.26 Å². The fraction of sp³-hybridized carbons (Fsp3) is 0.316. The van der Waals surface area contributed by atoms with Gasteiger partial charge >= 0.3 is 0 Å². The molecule has 21 heavy (non-hydrogen) atoms. The first-order chi connectivity index (χ1) is 10.3. The third-order valence-corrected chi connectivity index (χ3v) is 4.43. The summed E-state index contributed by atoms with van der Waals surface area (Å²) in [5, 5.41) is 18.4. The van der Waals surface area contributed by atoms with Crippen molar-refractivity contribution in [2.75, 3.05) is 0 Å². The van der Waals surface area contributed by atoms with Crippen LogP contribution >= 0.6 is 0 Å². The second-order valence-electron chi connectivity index (χ2n) is 5.82. The quantitative estimate of drug-likeness (QED) is 0.892. The number of nitriles is 1. The summed E-state index contributed by atoms with van der Waals surface area (Å²) in [6, 6.07) is 18.5. The van der Waals surface area contributed by atoms with E-state index in [0.717, 1.165) is 31.2 Å². The zero-order chi connectivity index (χ0) is 14.7. The molecule has 2 nitrogen and oxygen atoms in total. The smallest absolute Gasteiger partial charge is 0.0991 e. The van der Waals surface area contributed by atoms with Crippen molar-refractivity contribution in [3.05, 3.63) is 59.7 Å². The molecule has 0 unspecified atom stereocenters. The van der Waals surface area contributed by atoms with Crippen molar-refractivity contribution in [2.45, 2.75) is 37.7 Å². The van der Waals surface area contributed by atoms with Gasteiger partial charge in [0.05, 0.1) is 17.7 Å². The average molecular weight is 277 g/mol. The monoisotopic (exact) mass is 277 g/mol. The van der Waals surface area contributed by atoms with Crippen molar-refractivity contribution in [2.24, 2.45) is 0 Å². The summed E-state index contributed by atoms with van der Waals surface area (Å²) in [7, 11) is 0. The van der Waals surface area contributed by atoms with E-state index < -0.39 is 0 Å². The van der Waals surface area contributed by atoms with Crippen LogP contribution in [-0.2, 0) is 0 Å². The molecule has 0 radical (unpaired) electrons. The molecular formula is C19H19NO. The summed E-state index contributed by atoms with van der Waals surface area (Å²) in [5.74, 6) is 0.586. The van der Waals surface area contributed by atoms with Crippen LogP contribution in [0.1, 0.15) is 42.7 Å². The van der Waals surface area contributed by atoms with Crippen LogP contribution in [0.15, 0.2) is 48.5 Å². The zero-order valence-electron chi connectivity index (χ0n) is 12.0. The van der Waals surface area contributed by atoms with E-state index in [1.165, 1.54) is 11.1 Å². The predicted octanol–water partition coefficient (Wildman–Crippen LogP) is 4.24. The minimum Gasteiger partial charge on any atom is -0.393 e.